The van der Waals surface area contributed by atoms with E-state index in [1.807, 2.05) is 28.7 Å². The molecule has 0 aliphatic rings. The Morgan fingerprint density at radius 1 is 1.20 bits per heavy atom. The van der Waals surface area contributed by atoms with E-state index in [1.54, 1.807) is 12.4 Å². The molecule has 1 aromatic carbocycles. The topological polar surface area (TPSA) is 84.9 Å². The minimum absolute atomic E-state index is 0.681. The quantitative estimate of drug-likeness (QED) is 0.526. The van der Waals surface area contributed by atoms with Crippen LogP contribution in [0.4, 0.5) is 5.69 Å². The highest BCUT2D eigenvalue weighted by atomic mass is 79.9. The first kappa shape index (κ1) is 11.4. The van der Waals surface area contributed by atoms with Crippen LogP contribution in [0, 0.1) is 0 Å². The molecular formula is C13H9BrN6. The number of rotatable bonds is 1. The van der Waals surface area contributed by atoms with E-state index in [4.69, 9.17) is 5.73 Å². The second-order valence-corrected chi connectivity index (χ2v) is 5.37. The Kier molecular flexibility index (Phi) is 2.31. The minimum Gasteiger partial charge on any atom is -0.399 e. The molecule has 0 unspecified atom stereocenters. The number of pyridine rings is 1. The molecule has 6 nitrogen and oxygen atoms in total. The number of nitrogens with one attached hydrogen (secondary N) is 1. The molecule has 20 heavy (non-hydrogen) atoms. The molecule has 0 bridgehead atoms. The van der Waals surface area contributed by atoms with Crippen LogP contribution in [-0.2, 0) is 0 Å². The highest BCUT2D eigenvalue weighted by molar-refractivity contribution is 9.10. The molecule has 4 rings (SSSR count). The Balaban J connectivity index is 2.09. The molecule has 0 fully saturated rings. The van der Waals surface area contributed by atoms with E-state index in [-0.39, 0.29) is 0 Å². The lowest BCUT2D eigenvalue weighted by Crippen LogP contribution is -1.90. The molecule has 98 valence electrons. The number of nitrogen functional groups attached to an aromatic ring is 1. The molecule has 3 heterocycles. The van der Waals surface area contributed by atoms with Gasteiger partial charge in [0.25, 0.3) is 0 Å². The van der Waals surface area contributed by atoms with Gasteiger partial charge in [-0.05, 0) is 40.2 Å². The number of anilines is 1. The van der Waals surface area contributed by atoms with Crippen LogP contribution < -0.4 is 5.73 Å². The first-order valence-corrected chi connectivity index (χ1v) is 6.75. The normalized spacial score (nSPS) is 11.4. The molecule has 0 amide bonds. The third kappa shape index (κ3) is 1.60. The largest absolute Gasteiger partial charge is 0.399 e. The number of imidazole rings is 1. The number of H-pyrrole nitrogens is 1. The van der Waals surface area contributed by atoms with Gasteiger partial charge in [0.2, 0.25) is 5.78 Å². The first-order chi connectivity index (χ1) is 9.72. The van der Waals surface area contributed by atoms with Gasteiger partial charge in [0, 0.05) is 28.1 Å². The van der Waals surface area contributed by atoms with Gasteiger partial charge in [0.1, 0.15) is 0 Å². The van der Waals surface area contributed by atoms with E-state index >= 15 is 0 Å². The lowest BCUT2D eigenvalue weighted by molar-refractivity contribution is 1.10. The van der Waals surface area contributed by atoms with Crippen LogP contribution in [0.3, 0.4) is 0 Å². The maximum absolute atomic E-state index is 5.86. The monoisotopic (exact) mass is 328 g/mol. The molecule has 3 N–H and O–H groups in total. The van der Waals surface area contributed by atoms with E-state index in [2.05, 4.69) is 36.1 Å². The van der Waals surface area contributed by atoms with Gasteiger partial charge < -0.3 is 5.73 Å². The molecule has 0 spiro atoms. The van der Waals surface area contributed by atoms with Crippen molar-refractivity contribution in [1.29, 1.82) is 0 Å². The van der Waals surface area contributed by atoms with Crippen molar-refractivity contribution in [3.63, 3.8) is 0 Å². The van der Waals surface area contributed by atoms with Gasteiger partial charge in [-0.25, -0.2) is 10.1 Å². The van der Waals surface area contributed by atoms with Gasteiger partial charge in [-0.15, -0.1) is 0 Å². The zero-order valence-corrected chi connectivity index (χ0v) is 11.8. The van der Waals surface area contributed by atoms with E-state index in [0.717, 1.165) is 26.9 Å². The maximum atomic E-state index is 5.86. The zero-order chi connectivity index (χ0) is 13.7. The van der Waals surface area contributed by atoms with Crippen molar-refractivity contribution in [2.24, 2.45) is 0 Å². The van der Waals surface area contributed by atoms with Crippen LogP contribution in [0.1, 0.15) is 0 Å². The summed E-state index contributed by atoms with van der Waals surface area (Å²) in [4.78, 5) is 8.65. The summed E-state index contributed by atoms with van der Waals surface area (Å²) < 4.78 is 2.84. The first-order valence-electron chi connectivity index (χ1n) is 5.95. The van der Waals surface area contributed by atoms with Crippen LogP contribution in [0.2, 0.25) is 0 Å². The average molecular weight is 329 g/mol. The van der Waals surface area contributed by atoms with Gasteiger partial charge in [-0.2, -0.15) is 5.10 Å². The molecule has 0 atom stereocenters. The van der Waals surface area contributed by atoms with Crippen LogP contribution in [0.15, 0.2) is 41.1 Å². The summed E-state index contributed by atoms with van der Waals surface area (Å²) in [6.45, 7) is 0. The Labute approximate surface area is 121 Å². The second-order valence-electron chi connectivity index (χ2n) is 4.46. The van der Waals surface area contributed by atoms with Gasteiger partial charge in [-0.1, -0.05) is 0 Å². The van der Waals surface area contributed by atoms with E-state index in [1.165, 1.54) is 0 Å². The minimum atomic E-state index is 0.681. The van der Waals surface area contributed by atoms with Crippen molar-refractivity contribution < 1.29 is 0 Å². The molecule has 0 radical (unpaired) electrons. The molecule has 0 aliphatic heterocycles. The fourth-order valence-electron chi connectivity index (χ4n) is 2.26. The number of nitrogens with two attached hydrogens (primary N) is 1. The lowest BCUT2D eigenvalue weighted by Gasteiger charge is -2.00. The Hall–Kier alpha value is -2.41. The SMILES string of the molecule is Nc1ccc2nc3[nH]nc(-c4cncc(Br)c4)n3c2c1. The number of hydrogen-bond donors (Lipinski definition) is 2. The maximum Gasteiger partial charge on any atom is 0.230 e. The van der Waals surface area contributed by atoms with Crippen molar-refractivity contribution in [3.05, 3.63) is 41.1 Å². The van der Waals surface area contributed by atoms with E-state index in [0.29, 0.717) is 11.5 Å². The fourth-order valence-corrected chi connectivity index (χ4v) is 2.63. The van der Waals surface area contributed by atoms with Gasteiger partial charge >= 0.3 is 0 Å². The molecule has 0 saturated carbocycles. The number of halogens is 1. The number of benzene rings is 1. The standard InChI is InChI=1S/C13H9BrN6/c14-8-3-7(5-16-6-8)12-18-19-13-17-10-2-1-9(15)4-11(10)20(12)13/h1-6H,15H2,(H,17,19). The summed E-state index contributed by atoms with van der Waals surface area (Å²) >= 11 is 3.42. The highest BCUT2D eigenvalue weighted by Gasteiger charge is 2.13. The van der Waals surface area contributed by atoms with Crippen molar-refractivity contribution in [2.45, 2.75) is 0 Å². The molecule has 0 saturated heterocycles. The van der Waals surface area contributed by atoms with Gasteiger partial charge in [0.15, 0.2) is 5.82 Å². The zero-order valence-electron chi connectivity index (χ0n) is 10.2. The van der Waals surface area contributed by atoms with E-state index < -0.39 is 0 Å². The number of aromatic nitrogens is 5. The number of aromatic amines is 1. The van der Waals surface area contributed by atoms with Gasteiger partial charge in [0.05, 0.1) is 11.0 Å². The smallest absolute Gasteiger partial charge is 0.230 e. The van der Waals surface area contributed by atoms with Crippen molar-refractivity contribution in [1.82, 2.24) is 24.6 Å². The molecule has 3 aromatic heterocycles. The van der Waals surface area contributed by atoms with Crippen molar-refractivity contribution >= 4 is 38.4 Å². The van der Waals surface area contributed by atoms with Crippen LogP contribution in [0.5, 0.6) is 0 Å². The predicted octanol–water partition coefficient (Wildman–Crippen LogP) is 2.62. The van der Waals surface area contributed by atoms with Crippen molar-refractivity contribution in [3.8, 4) is 11.4 Å². The molecule has 0 aliphatic carbocycles. The summed E-state index contributed by atoms with van der Waals surface area (Å²) in [6, 6.07) is 7.58. The summed E-state index contributed by atoms with van der Waals surface area (Å²) in [7, 11) is 0. The predicted molar refractivity (Wildman–Crippen MR) is 80.2 cm³/mol. The molecule has 7 heteroatoms. The number of fused-ring (bicyclic) bond motifs is 3. The fraction of sp³-hybridized carbons (Fsp3) is 0. The number of nitrogens with zero attached hydrogens (tertiary/aromatic N) is 4. The van der Waals surface area contributed by atoms with Crippen LogP contribution in [-0.4, -0.2) is 24.6 Å². The molecule has 4 aromatic rings. The average Bonchev–Trinajstić information content (AvgIpc) is 2.98. The molecular weight excluding hydrogens is 320 g/mol. The lowest BCUT2D eigenvalue weighted by atomic mass is 10.2. The van der Waals surface area contributed by atoms with Crippen LogP contribution >= 0.6 is 15.9 Å². The highest BCUT2D eigenvalue weighted by Crippen LogP contribution is 2.25. The summed E-state index contributed by atoms with van der Waals surface area (Å²) in [5.74, 6) is 1.43. The number of hydrogen-bond acceptors (Lipinski definition) is 4. The van der Waals surface area contributed by atoms with Crippen LogP contribution in [0.25, 0.3) is 28.2 Å². The Morgan fingerprint density at radius 2 is 2.10 bits per heavy atom. The Bertz CT molecular complexity index is 938. The summed E-state index contributed by atoms with van der Waals surface area (Å²) in [5, 5.41) is 7.25. The third-order valence-corrected chi connectivity index (χ3v) is 3.55. The second kappa shape index (κ2) is 4.04. The summed E-state index contributed by atoms with van der Waals surface area (Å²) in [5.41, 5.74) is 9.25. The third-order valence-electron chi connectivity index (χ3n) is 3.12. The summed E-state index contributed by atoms with van der Waals surface area (Å²) in [6.07, 6.45) is 3.50. The Morgan fingerprint density at radius 3 is 2.95 bits per heavy atom. The van der Waals surface area contributed by atoms with Crippen molar-refractivity contribution in [2.75, 3.05) is 5.73 Å². The van der Waals surface area contributed by atoms with E-state index in [9.17, 15) is 0 Å². The van der Waals surface area contributed by atoms with Gasteiger partial charge in [-0.3, -0.25) is 9.38 Å².